The first-order valence-electron chi connectivity index (χ1n) is 7.69. The minimum absolute atomic E-state index is 0.546. The molecule has 1 saturated heterocycles. The molecule has 0 atom stereocenters. The van der Waals surface area contributed by atoms with Crippen molar-refractivity contribution in [1.82, 2.24) is 19.9 Å². The zero-order chi connectivity index (χ0) is 16.1. The number of hydrogen-bond donors (Lipinski definition) is 1. The van der Waals surface area contributed by atoms with E-state index in [1.807, 2.05) is 36.4 Å². The van der Waals surface area contributed by atoms with E-state index in [-0.39, 0.29) is 0 Å². The average molecular weight is 314 g/mol. The van der Waals surface area contributed by atoms with Gasteiger partial charge in [0.05, 0.1) is 7.11 Å². The SMILES string of the molecule is CON(c1ccnc(Nc2ccccc2)n1)N1CCN(C)CC1. The van der Waals surface area contributed by atoms with E-state index in [4.69, 9.17) is 4.84 Å². The number of likely N-dealkylation sites (N-methyl/N-ethyl adjacent to an activating group) is 1. The van der Waals surface area contributed by atoms with Crippen LogP contribution in [0, 0.1) is 0 Å². The molecule has 1 N–H and O–H groups in total. The highest BCUT2D eigenvalue weighted by Crippen LogP contribution is 2.18. The summed E-state index contributed by atoms with van der Waals surface area (Å²) >= 11 is 0. The molecule has 0 radical (unpaired) electrons. The molecular formula is C16H22N6O. The number of anilines is 3. The van der Waals surface area contributed by atoms with Crippen molar-refractivity contribution in [2.75, 3.05) is 50.8 Å². The van der Waals surface area contributed by atoms with Crippen LogP contribution in [0.1, 0.15) is 0 Å². The van der Waals surface area contributed by atoms with E-state index in [2.05, 4.69) is 32.2 Å². The van der Waals surface area contributed by atoms with E-state index >= 15 is 0 Å². The lowest BCUT2D eigenvalue weighted by Crippen LogP contribution is -2.52. The lowest BCUT2D eigenvalue weighted by atomic mass is 10.3. The maximum atomic E-state index is 5.54. The molecule has 0 amide bonds. The topological polar surface area (TPSA) is 56.8 Å². The van der Waals surface area contributed by atoms with E-state index in [0.717, 1.165) is 31.9 Å². The Morgan fingerprint density at radius 2 is 1.83 bits per heavy atom. The number of nitrogens with zero attached hydrogens (tertiary/aromatic N) is 5. The Bertz CT molecular complexity index is 615. The summed E-state index contributed by atoms with van der Waals surface area (Å²) in [5.74, 6) is 1.26. The van der Waals surface area contributed by atoms with Crippen molar-refractivity contribution in [2.24, 2.45) is 0 Å². The fraction of sp³-hybridized carbons (Fsp3) is 0.375. The molecule has 0 unspecified atom stereocenters. The Morgan fingerprint density at radius 3 is 2.52 bits per heavy atom. The van der Waals surface area contributed by atoms with Crippen LogP contribution in [0.2, 0.25) is 0 Å². The molecule has 1 aromatic heterocycles. The lowest BCUT2D eigenvalue weighted by molar-refractivity contribution is -0.00184. The van der Waals surface area contributed by atoms with Gasteiger partial charge in [-0.1, -0.05) is 18.2 Å². The van der Waals surface area contributed by atoms with Crippen LogP contribution in [-0.4, -0.2) is 60.2 Å². The highest BCUT2D eigenvalue weighted by Gasteiger charge is 2.22. The van der Waals surface area contributed by atoms with Gasteiger partial charge in [0.1, 0.15) is 0 Å². The van der Waals surface area contributed by atoms with Crippen molar-refractivity contribution in [3.8, 4) is 0 Å². The van der Waals surface area contributed by atoms with Crippen molar-refractivity contribution in [3.05, 3.63) is 42.6 Å². The van der Waals surface area contributed by atoms with Crippen LogP contribution in [-0.2, 0) is 4.84 Å². The number of hydrogen-bond acceptors (Lipinski definition) is 7. The fourth-order valence-corrected chi connectivity index (χ4v) is 2.50. The highest BCUT2D eigenvalue weighted by molar-refractivity contribution is 5.54. The lowest BCUT2D eigenvalue weighted by Gasteiger charge is -2.38. The second kappa shape index (κ2) is 7.36. The van der Waals surface area contributed by atoms with Crippen LogP contribution in [0.15, 0.2) is 42.6 Å². The number of benzene rings is 1. The Balaban J connectivity index is 1.74. The van der Waals surface area contributed by atoms with E-state index in [1.54, 1.807) is 18.5 Å². The Labute approximate surface area is 136 Å². The van der Waals surface area contributed by atoms with Crippen LogP contribution in [0.3, 0.4) is 0 Å². The zero-order valence-corrected chi connectivity index (χ0v) is 13.5. The van der Waals surface area contributed by atoms with E-state index in [9.17, 15) is 0 Å². The molecule has 3 rings (SSSR count). The normalized spacial score (nSPS) is 16.3. The quantitative estimate of drug-likeness (QED) is 0.844. The number of nitrogens with one attached hydrogen (secondary N) is 1. The molecule has 2 heterocycles. The predicted octanol–water partition coefficient (Wildman–Crippen LogP) is 1.75. The van der Waals surface area contributed by atoms with Gasteiger partial charge in [-0.15, -0.1) is 0 Å². The Morgan fingerprint density at radius 1 is 1.09 bits per heavy atom. The highest BCUT2D eigenvalue weighted by atomic mass is 16.7. The molecule has 23 heavy (non-hydrogen) atoms. The summed E-state index contributed by atoms with van der Waals surface area (Å²) in [7, 11) is 3.78. The van der Waals surface area contributed by atoms with Crippen molar-refractivity contribution in [3.63, 3.8) is 0 Å². The summed E-state index contributed by atoms with van der Waals surface area (Å²) < 4.78 is 0. The van der Waals surface area contributed by atoms with Gasteiger partial charge in [-0.2, -0.15) is 15.2 Å². The van der Waals surface area contributed by atoms with Crippen molar-refractivity contribution < 1.29 is 4.84 Å². The van der Waals surface area contributed by atoms with Gasteiger partial charge in [0.15, 0.2) is 5.82 Å². The number of rotatable bonds is 5. The minimum Gasteiger partial charge on any atom is -0.324 e. The number of piperazine rings is 1. The molecule has 7 heteroatoms. The van der Waals surface area contributed by atoms with Gasteiger partial charge in [-0.3, -0.25) is 4.84 Å². The molecular weight excluding hydrogens is 292 g/mol. The van der Waals surface area contributed by atoms with Crippen molar-refractivity contribution >= 4 is 17.5 Å². The predicted molar refractivity (Wildman–Crippen MR) is 90.3 cm³/mol. The van der Waals surface area contributed by atoms with Gasteiger partial charge in [0, 0.05) is 44.1 Å². The first kappa shape index (κ1) is 15.7. The third kappa shape index (κ3) is 3.95. The molecule has 7 nitrogen and oxygen atoms in total. The molecule has 0 saturated carbocycles. The monoisotopic (exact) mass is 314 g/mol. The molecule has 2 aromatic rings. The molecule has 1 aromatic carbocycles. The summed E-state index contributed by atoms with van der Waals surface area (Å²) in [5, 5.41) is 7.09. The molecule has 0 aliphatic carbocycles. The van der Waals surface area contributed by atoms with Crippen LogP contribution in [0.25, 0.3) is 0 Å². The third-order valence-electron chi connectivity index (χ3n) is 3.78. The van der Waals surface area contributed by atoms with E-state index in [1.165, 1.54) is 0 Å². The number of para-hydroxylation sites is 1. The zero-order valence-electron chi connectivity index (χ0n) is 13.5. The van der Waals surface area contributed by atoms with Crippen molar-refractivity contribution in [2.45, 2.75) is 0 Å². The summed E-state index contributed by atoms with van der Waals surface area (Å²) in [6.07, 6.45) is 1.73. The van der Waals surface area contributed by atoms with Crippen LogP contribution < -0.4 is 10.5 Å². The van der Waals surface area contributed by atoms with Gasteiger partial charge in [0.2, 0.25) is 5.95 Å². The van der Waals surface area contributed by atoms with Crippen LogP contribution in [0.5, 0.6) is 0 Å². The Kier molecular flexibility index (Phi) is 5.02. The van der Waals surface area contributed by atoms with Crippen molar-refractivity contribution in [1.29, 1.82) is 0 Å². The Hall–Kier alpha value is -2.22. The average Bonchev–Trinajstić information content (AvgIpc) is 2.59. The van der Waals surface area contributed by atoms with Crippen LogP contribution >= 0.6 is 0 Å². The number of hydrazine groups is 1. The maximum absolute atomic E-state index is 5.54. The molecule has 0 spiro atoms. The first-order valence-corrected chi connectivity index (χ1v) is 7.69. The van der Waals surface area contributed by atoms with Gasteiger partial charge in [-0.25, -0.2) is 4.98 Å². The summed E-state index contributed by atoms with van der Waals surface area (Å²) in [6, 6.07) is 11.7. The van der Waals surface area contributed by atoms with Gasteiger partial charge >= 0.3 is 0 Å². The standard InChI is InChI=1S/C16H22N6O/c1-20-10-12-21(13-11-20)22(23-2)15-8-9-17-16(19-15)18-14-6-4-3-5-7-14/h3-9H,10-13H2,1-2H3,(H,17,18,19). The van der Waals surface area contributed by atoms with Crippen LogP contribution in [0.4, 0.5) is 17.5 Å². The summed E-state index contributed by atoms with van der Waals surface area (Å²) in [5.41, 5.74) is 0.952. The van der Waals surface area contributed by atoms with Gasteiger partial charge in [0.25, 0.3) is 0 Å². The minimum atomic E-state index is 0.546. The van der Waals surface area contributed by atoms with E-state index < -0.39 is 0 Å². The molecule has 1 fully saturated rings. The first-order chi connectivity index (χ1) is 11.3. The van der Waals surface area contributed by atoms with Gasteiger partial charge in [-0.05, 0) is 19.2 Å². The molecule has 0 bridgehead atoms. The molecule has 122 valence electrons. The third-order valence-corrected chi connectivity index (χ3v) is 3.78. The largest absolute Gasteiger partial charge is 0.324 e. The number of aromatic nitrogens is 2. The molecule has 1 aliphatic rings. The smallest absolute Gasteiger partial charge is 0.229 e. The fourth-order valence-electron chi connectivity index (χ4n) is 2.50. The maximum Gasteiger partial charge on any atom is 0.229 e. The van der Waals surface area contributed by atoms with Gasteiger partial charge < -0.3 is 10.2 Å². The summed E-state index contributed by atoms with van der Waals surface area (Å²) in [6.45, 7) is 3.80. The molecule has 1 aliphatic heterocycles. The summed E-state index contributed by atoms with van der Waals surface area (Å²) in [4.78, 5) is 16.7. The van der Waals surface area contributed by atoms with E-state index in [0.29, 0.717) is 11.8 Å². The second-order valence-electron chi connectivity index (χ2n) is 5.44. The second-order valence-corrected chi connectivity index (χ2v) is 5.44.